The largest absolute Gasteiger partial charge is 0.466 e. The molecule has 1 heterocycles. The third-order valence-electron chi connectivity index (χ3n) is 3.13. The van der Waals surface area contributed by atoms with E-state index in [2.05, 4.69) is 10.6 Å². The van der Waals surface area contributed by atoms with Crippen LogP contribution < -0.4 is 10.6 Å². The van der Waals surface area contributed by atoms with Crippen molar-refractivity contribution in [1.29, 1.82) is 0 Å². The number of hydrogen-bond donors (Lipinski definition) is 3. The number of rotatable bonds is 6. The van der Waals surface area contributed by atoms with Crippen LogP contribution in [0.1, 0.15) is 43.4 Å². The zero-order valence-corrected chi connectivity index (χ0v) is 12.1. The molecule has 0 spiro atoms. The van der Waals surface area contributed by atoms with Crippen molar-refractivity contribution in [2.75, 3.05) is 13.2 Å². The minimum absolute atomic E-state index is 0.0920. The van der Waals surface area contributed by atoms with E-state index in [1.165, 1.54) is 0 Å². The molecule has 0 aliphatic heterocycles. The second-order valence-electron chi connectivity index (χ2n) is 5.06. The molecule has 0 saturated heterocycles. The molecule has 19 heavy (non-hydrogen) atoms. The van der Waals surface area contributed by atoms with Crippen LogP contribution in [-0.4, -0.2) is 24.3 Å². The second-order valence-corrected chi connectivity index (χ2v) is 5.06. The van der Waals surface area contributed by atoms with E-state index in [-0.39, 0.29) is 24.6 Å². The maximum absolute atomic E-state index is 11.7. The van der Waals surface area contributed by atoms with Crippen molar-refractivity contribution < 1.29 is 14.3 Å². The molecule has 1 aromatic heterocycles. The number of aryl methyl sites for hydroxylation is 2. The molecule has 0 radical (unpaired) electrons. The van der Waals surface area contributed by atoms with E-state index in [0.29, 0.717) is 13.0 Å². The van der Waals surface area contributed by atoms with Crippen molar-refractivity contribution in [1.82, 2.24) is 10.6 Å². The molecule has 1 rings (SSSR count). The maximum Gasteiger partial charge on any atom is 0.315 e. The summed E-state index contributed by atoms with van der Waals surface area (Å²) in [5.74, 6) is 1.95. The molecule has 0 bridgehead atoms. The van der Waals surface area contributed by atoms with Gasteiger partial charge in [0.2, 0.25) is 0 Å². The first-order valence-corrected chi connectivity index (χ1v) is 6.66. The number of aliphatic hydroxyl groups is 1. The van der Waals surface area contributed by atoms with E-state index in [9.17, 15) is 4.79 Å². The zero-order chi connectivity index (χ0) is 14.4. The van der Waals surface area contributed by atoms with Gasteiger partial charge in [0.25, 0.3) is 0 Å². The predicted molar refractivity (Wildman–Crippen MR) is 74.0 cm³/mol. The van der Waals surface area contributed by atoms with Gasteiger partial charge in [-0.1, -0.05) is 6.92 Å². The molecule has 1 aromatic rings. The summed E-state index contributed by atoms with van der Waals surface area (Å²) in [6.07, 6.45) is 0.690. The van der Waals surface area contributed by atoms with E-state index < -0.39 is 0 Å². The van der Waals surface area contributed by atoms with Gasteiger partial charge in [-0.3, -0.25) is 0 Å². The van der Waals surface area contributed by atoms with E-state index in [0.717, 1.165) is 17.1 Å². The van der Waals surface area contributed by atoms with E-state index in [1.54, 1.807) is 0 Å². The third-order valence-corrected chi connectivity index (χ3v) is 3.13. The van der Waals surface area contributed by atoms with Gasteiger partial charge in [-0.2, -0.15) is 0 Å². The highest BCUT2D eigenvalue weighted by Gasteiger charge is 2.15. The molecule has 0 aliphatic carbocycles. The summed E-state index contributed by atoms with van der Waals surface area (Å²) >= 11 is 0. The Morgan fingerprint density at radius 1 is 1.42 bits per heavy atom. The number of urea groups is 1. The van der Waals surface area contributed by atoms with Gasteiger partial charge in [-0.25, -0.2) is 4.79 Å². The first-order chi connectivity index (χ1) is 8.93. The number of aliphatic hydroxyl groups excluding tert-OH is 1. The fourth-order valence-electron chi connectivity index (χ4n) is 2.00. The van der Waals surface area contributed by atoms with Crippen LogP contribution in [-0.2, 0) is 0 Å². The summed E-state index contributed by atoms with van der Waals surface area (Å²) in [6, 6.07) is 1.65. The summed E-state index contributed by atoms with van der Waals surface area (Å²) in [6.45, 7) is 8.40. The molecule has 108 valence electrons. The average molecular weight is 268 g/mol. The van der Waals surface area contributed by atoms with Gasteiger partial charge < -0.3 is 20.2 Å². The SMILES string of the molecule is Cc1cc(C(C)NC(=O)NCC(C)CCO)c(C)o1. The molecule has 0 saturated carbocycles. The van der Waals surface area contributed by atoms with Crippen LogP contribution in [0.4, 0.5) is 4.79 Å². The number of carbonyl (C=O) groups is 1. The van der Waals surface area contributed by atoms with Gasteiger partial charge in [-0.05, 0) is 39.2 Å². The summed E-state index contributed by atoms with van der Waals surface area (Å²) in [4.78, 5) is 11.7. The van der Waals surface area contributed by atoms with Gasteiger partial charge in [0.15, 0.2) is 0 Å². The standard InChI is InChI=1S/C14H24N2O3/c1-9(5-6-17)8-15-14(18)16-11(3)13-7-10(2)19-12(13)4/h7,9,11,17H,5-6,8H2,1-4H3,(H2,15,16,18). The van der Waals surface area contributed by atoms with Crippen LogP contribution >= 0.6 is 0 Å². The topological polar surface area (TPSA) is 74.5 Å². The van der Waals surface area contributed by atoms with E-state index in [4.69, 9.17) is 9.52 Å². The first kappa shape index (κ1) is 15.6. The quantitative estimate of drug-likeness (QED) is 0.741. The number of carbonyl (C=O) groups excluding carboxylic acids is 1. The van der Waals surface area contributed by atoms with Gasteiger partial charge in [0.1, 0.15) is 11.5 Å². The van der Waals surface area contributed by atoms with Gasteiger partial charge >= 0.3 is 6.03 Å². The Labute approximate surface area is 114 Å². The minimum atomic E-state index is -0.199. The van der Waals surface area contributed by atoms with Crippen molar-refractivity contribution in [2.45, 2.75) is 40.2 Å². The monoisotopic (exact) mass is 268 g/mol. The highest BCUT2D eigenvalue weighted by atomic mass is 16.3. The molecule has 5 nitrogen and oxygen atoms in total. The number of nitrogens with one attached hydrogen (secondary N) is 2. The van der Waals surface area contributed by atoms with Crippen LogP contribution in [0.25, 0.3) is 0 Å². The molecule has 3 N–H and O–H groups in total. The van der Waals surface area contributed by atoms with Crippen molar-refractivity contribution in [2.24, 2.45) is 5.92 Å². The van der Waals surface area contributed by atoms with Crippen molar-refractivity contribution in [3.8, 4) is 0 Å². The molecule has 5 heteroatoms. The van der Waals surface area contributed by atoms with Crippen molar-refractivity contribution in [3.05, 3.63) is 23.2 Å². The molecule has 2 amide bonds. The third kappa shape index (κ3) is 4.95. The Morgan fingerprint density at radius 3 is 2.63 bits per heavy atom. The summed E-state index contributed by atoms with van der Waals surface area (Å²) in [7, 11) is 0. The van der Waals surface area contributed by atoms with Gasteiger partial charge in [0, 0.05) is 18.7 Å². The van der Waals surface area contributed by atoms with Crippen LogP contribution in [0.5, 0.6) is 0 Å². The highest BCUT2D eigenvalue weighted by molar-refractivity contribution is 5.74. The van der Waals surface area contributed by atoms with Crippen LogP contribution in [0.3, 0.4) is 0 Å². The Bertz CT molecular complexity index is 415. The zero-order valence-electron chi connectivity index (χ0n) is 12.1. The number of hydrogen-bond acceptors (Lipinski definition) is 3. The Balaban J connectivity index is 2.42. The molecule has 0 aliphatic rings. The van der Waals surface area contributed by atoms with Crippen LogP contribution in [0.15, 0.2) is 10.5 Å². The molecule has 2 unspecified atom stereocenters. The molecule has 0 fully saturated rings. The smallest absolute Gasteiger partial charge is 0.315 e. The summed E-state index contributed by atoms with van der Waals surface area (Å²) in [5, 5.41) is 14.5. The fraction of sp³-hybridized carbons (Fsp3) is 0.643. The Morgan fingerprint density at radius 2 is 2.11 bits per heavy atom. The lowest BCUT2D eigenvalue weighted by atomic mass is 10.1. The second kappa shape index (κ2) is 7.19. The molecule has 2 atom stereocenters. The van der Waals surface area contributed by atoms with Crippen molar-refractivity contribution in [3.63, 3.8) is 0 Å². The lowest BCUT2D eigenvalue weighted by Crippen LogP contribution is -2.39. The van der Waals surface area contributed by atoms with Gasteiger partial charge in [-0.15, -0.1) is 0 Å². The molecule has 0 aromatic carbocycles. The Kier molecular flexibility index (Phi) is 5.89. The minimum Gasteiger partial charge on any atom is -0.466 e. The maximum atomic E-state index is 11.7. The Hall–Kier alpha value is -1.49. The van der Waals surface area contributed by atoms with Crippen LogP contribution in [0, 0.1) is 19.8 Å². The molecular formula is C14H24N2O3. The molecular weight excluding hydrogens is 244 g/mol. The summed E-state index contributed by atoms with van der Waals surface area (Å²) < 4.78 is 5.45. The van der Waals surface area contributed by atoms with Crippen molar-refractivity contribution >= 4 is 6.03 Å². The normalized spacial score (nSPS) is 13.9. The predicted octanol–water partition coefficient (Wildman–Crippen LogP) is 2.28. The average Bonchev–Trinajstić information content (AvgIpc) is 2.66. The van der Waals surface area contributed by atoms with E-state index in [1.807, 2.05) is 33.8 Å². The lowest BCUT2D eigenvalue weighted by Gasteiger charge is -2.16. The highest BCUT2D eigenvalue weighted by Crippen LogP contribution is 2.20. The lowest BCUT2D eigenvalue weighted by molar-refractivity contribution is 0.231. The number of amides is 2. The van der Waals surface area contributed by atoms with Gasteiger partial charge in [0.05, 0.1) is 6.04 Å². The first-order valence-electron chi connectivity index (χ1n) is 6.66. The number of furan rings is 1. The summed E-state index contributed by atoms with van der Waals surface area (Å²) in [5.41, 5.74) is 0.996. The fourth-order valence-corrected chi connectivity index (χ4v) is 2.00. The van der Waals surface area contributed by atoms with Crippen LogP contribution in [0.2, 0.25) is 0 Å². The van der Waals surface area contributed by atoms with E-state index >= 15 is 0 Å².